The summed E-state index contributed by atoms with van der Waals surface area (Å²) in [5.41, 5.74) is -1.81. The van der Waals surface area contributed by atoms with Gasteiger partial charge in [-0.15, -0.1) is 0 Å². The number of hydrogen-bond donors (Lipinski definition) is 10. The monoisotopic (exact) mass is 856 g/mol. The van der Waals surface area contributed by atoms with E-state index in [1.165, 1.54) is 0 Å². The number of carboxylic acid groups (broad SMARTS) is 3. The van der Waals surface area contributed by atoms with Gasteiger partial charge in [0.25, 0.3) is 0 Å². The van der Waals surface area contributed by atoms with Crippen LogP contribution < -0.4 is 12.3 Å². The van der Waals surface area contributed by atoms with Crippen molar-refractivity contribution >= 4 is 23.7 Å². The second-order valence-corrected chi connectivity index (χ2v) is 20.6. The third kappa shape index (κ3) is 6.96. The summed E-state index contributed by atoms with van der Waals surface area (Å²) in [5, 5.41) is 83.0. The Morgan fingerprint density at radius 2 is 1.25 bits per heavy atom. The summed E-state index contributed by atoms with van der Waals surface area (Å²) in [6.07, 6.45) is -12.2. The first-order chi connectivity index (χ1) is 26.8. The molecule has 0 amide bonds. The first-order valence-corrected chi connectivity index (χ1v) is 20.7. The zero-order valence-electron chi connectivity index (χ0n) is 35.8. The minimum Gasteiger partial charge on any atom is -0.481 e. The third-order valence-electron chi connectivity index (χ3n) is 17.2. The highest BCUT2D eigenvalue weighted by Gasteiger charge is 2.71. The van der Waals surface area contributed by atoms with Crippen molar-refractivity contribution in [3.05, 3.63) is 11.6 Å². The van der Waals surface area contributed by atoms with Gasteiger partial charge in [0.05, 0.1) is 11.5 Å². The van der Waals surface area contributed by atoms with Gasteiger partial charge in [-0.2, -0.15) is 0 Å². The molecule has 0 aromatic carbocycles. The number of allylic oxidation sites excluding steroid dienone is 2. The van der Waals surface area contributed by atoms with Crippen LogP contribution in [-0.2, 0) is 38.1 Å². The van der Waals surface area contributed by atoms with Crippen LogP contribution in [0.4, 0.5) is 0 Å². The van der Waals surface area contributed by atoms with Crippen LogP contribution in [0.1, 0.15) is 106 Å². The molecule has 14 N–H and O–H groups in total. The fourth-order valence-corrected chi connectivity index (χ4v) is 13.4. The quantitative estimate of drug-likeness (QED) is 0.164. The van der Waals surface area contributed by atoms with Gasteiger partial charge in [-0.25, -0.2) is 9.59 Å². The molecule has 17 unspecified atom stereocenters. The Hall–Kier alpha value is -2.62. The number of ether oxygens (including phenoxy) is 4. The number of hydrogen-bond acceptors (Lipinski definition) is 15. The summed E-state index contributed by atoms with van der Waals surface area (Å²) < 4.78 is 23.4. The van der Waals surface area contributed by atoms with Crippen LogP contribution in [0, 0.1) is 50.2 Å². The SMILES string of the molecule is CC1(C(=O)O)CCC2(C)CC[C@]3(C)C(=CC(=O)[C@@H]4C5(C)CCC(OC6OC(C(=O)O)C(O)C(O)C6OC6OC(C(=O)O)C(O)C(O)C6O)C(C)(C)C5CCC43C)C2C1.N.N. The molecule has 0 bridgehead atoms. The van der Waals surface area contributed by atoms with Crippen LogP contribution in [-0.4, -0.2) is 132 Å². The van der Waals surface area contributed by atoms with Gasteiger partial charge >= 0.3 is 17.9 Å². The van der Waals surface area contributed by atoms with Crippen molar-refractivity contribution < 1.29 is 79.0 Å². The van der Waals surface area contributed by atoms with E-state index in [9.17, 15) is 60.0 Å². The molecule has 342 valence electrons. The zero-order chi connectivity index (χ0) is 42.9. The first-order valence-electron chi connectivity index (χ1n) is 20.7. The van der Waals surface area contributed by atoms with E-state index >= 15 is 0 Å². The molecular formula is C42H68N2O16. The summed E-state index contributed by atoms with van der Waals surface area (Å²) in [7, 11) is 0. The lowest BCUT2D eigenvalue weighted by atomic mass is 9.33. The van der Waals surface area contributed by atoms with Crippen molar-refractivity contribution in [2.75, 3.05) is 0 Å². The molecule has 5 aliphatic carbocycles. The van der Waals surface area contributed by atoms with Crippen molar-refractivity contribution in [1.29, 1.82) is 0 Å². The number of carbonyl (C=O) groups excluding carboxylic acids is 1. The Morgan fingerprint density at radius 1 is 0.683 bits per heavy atom. The highest BCUT2D eigenvalue weighted by molar-refractivity contribution is 5.95. The molecule has 2 heterocycles. The maximum atomic E-state index is 14.8. The second kappa shape index (κ2) is 15.9. The lowest BCUT2D eigenvalue weighted by Gasteiger charge is -2.70. The minimum atomic E-state index is -2.05. The molecule has 60 heavy (non-hydrogen) atoms. The molecule has 2 saturated heterocycles. The predicted molar refractivity (Wildman–Crippen MR) is 209 cm³/mol. The molecule has 0 aromatic rings. The Morgan fingerprint density at radius 3 is 1.83 bits per heavy atom. The van der Waals surface area contributed by atoms with Gasteiger partial charge in [-0.05, 0) is 110 Å². The van der Waals surface area contributed by atoms with Gasteiger partial charge < -0.3 is 72.1 Å². The number of rotatable bonds is 7. The van der Waals surface area contributed by atoms with E-state index < -0.39 is 107 Å². The van der Waals surface area contributed by atoms with E-state index in [-0.39, 0.29) is 46.7 Å². The van der Waals surface area contributed by atoms with E-state index in [1.54, 1.807) is 0 Å². The molecule has 7 rings (SSSR count). The fraction of sp³-hybridized carbons (Fsp3) is 0.857. The van der Waals surface area contributed by atoms with Crippen LogP contribution in [0.15, 0.2) is 11.6 Å². The van der Waals surface area contributed by atoms with Crippen LogP contribution in [0.5, 0.6) is 0 Å². The Balaban J connectivity index is 0.00000341. The van der Waals surface area contributed by atoms with Gasteiger partial charge in [0, 0.05) is 5.92 Å². The average Bonchev–Trinajstić information content (AvgIpc) is 3.13. The molecule has 0 radical (unpaired) electrons. The lowest BCUT2D eigenvalue weighted by Crippen LogP contribution is -2.68. The first kappa shape index (κ1) is 48.4. The normalized spacial score (nSPS) is 50.8. The number of aliphatic carboxylic acids is 3. The minimum absolute atomic E-state index is 0. The number of fused-ring (bicyclic) bond motifs is 7. The van der Waals surface area contributed by atoms with E-state index in [4.69, 9.17) is 18.9 Å². The summed E-state index contributed by atoms with van der Waals surface area (Å²) in [6, 6.07) is 0. The van der Waals surface area contributed by atoms with Gasteiger partial charge in [0.15, 0.2) is 30.6 Å². The van der Waals surface area contributed by atoms with Crippen molar-refractivity contribution in [3.63, 3.8) is 0 Å². The van der Waals surface area contributed by atoms with Crippen molar-refractivity contribution in [3.8, 4) is 0 Å². The third-order valence-corrected chi connectivity index (χ3v) is 17.2. The van der Waals surface area contributed by atoms with Crippen molar-refractivity contribution in [2.24, 2.45) is 50.2 Å². The standard InChI is InChI=1S/C42H62O16.2H3N/c1-37(2)21-8-11-42(7)31(20(43)16-18-19-17-39(4,36(53)54)13-12-38(19,3)14-15-41(18,42)6)40(21,5)10-9-22(37)55-35-30(26(47)25(46)29(57-35)33(51)52)58-34-27(48)23(44)24(45)28(56-34)32(49)50;;/h16,19,21-31,34-35,44-48H,8-15,17H2,1-7H3,(H,49,50)(H,51,52)(H,53,54);2*1H3/t19?,21?,22?,23?,24?,25?,26?,27?,28?,29?,30?,31-,34?,35?,38?,39?,40?,41-,42?;;/m1../s1. The molecule has 0 spiro atoms. The van der Waals surface area contributed by atoms with Crippen LogP contribution in [0.3, 0.4) is 0 Å². The summed E-state index contributed by atoms with van der Waals surface area (Å²) >= 11 is 0. The zero-order valence-corrected chi connectivity index (χ0v) is 35.8. The lowest BCUT2D eigenvalue weighted by molar-refractivity contribution is -0.371. The number of carboxylic acids is 3. The van der Waals surface area contributed by atoms with E-state index in [0.717, 1.165) is 37.7 Å². The number of ketones is 1. The van der Waals surface area contributed by atoms with Crippen LogP contribution in [0.2, 0.25) is 0 Å². The van der Waals surface area contributed by atoms with Crippen molar-refractivity contribution in [1.82, 2.24) is 12.3 Å². The Kier molecular flexibility index (Phi) is 12.8. The molecular weight excluding hydrogens is 788 g/mol. The molecule has 18 heteroatoms. The highest BCUT2D eigenvalue weighted by Crippen LogP contribution is 2.75. The number of aliphatic hydroxyl groups is 5. The number of carbonyl (C=O) groups is 4. The molecule has 19 atom stereocenters. The van der Waals surface area contributed by atoms with E-state index in [1.807, 2.05) is 26.8 Å². The molecule has 18 nitrogen and oxygen atoms in total. The number of aliphatic hydroxyl groups excluding tert-OH is 5. The van der Waals surface area contributed by atoms with Gasteiger partial charge in [-0.1, -0.05) is 47.1 Å². The Bertz CT molecular complexity index is 1740. The highest BCUT2D eigenvalue weighted by atomic mass is 16.8. The maximum Gasteiger partial charge on any atom is 0.335 e. The smallest absolute Gasteiger partial charge is 0.335 e. The summed E-state index contributed by atoms with van der Waals surface area (Å²) in [5.74, 6) is -4.47. The molecule has 7 aliphatic rings. The second-order valence-electron chi connectivity index (χ2n) is 20.6. The molecule has 4 saturated carbocycles. The van der Waals surface area contributed by atoms with Gasteiger partial charge in [-0.3, -0.25) is 9.59 Å². The predicted octanol–water partition coefficient (Wildman–Crippen LogP) is 2.57. The molecule has 0 aromatic heterocycles. The van der Waals surface area contributed by atoms with Crippen LogP contribution in [0.25, 0.3) is 0 Å². The van der Waals surface area contributed by atoms with E-state index in [2.05, 4.69) is 27.7 Å². The van der Waals surface area contributed by atoms with Gasteiger partial charge in [0.1, 0.15) is 36.6 Å². The van der Waals surface area contributed by atoms with Crippen molar-refractivity contribution in [2.45, 2.75) is 174 Å². The van der Waals surface area contributed by atoms with E-state index in [0.29, 0.717) is 25.7 Å². The average molecular weight is 857 g/mol. The molecule has 2 aliphatic heterocycles. The van der Waals surface area contributed by atoms with Crippen LogP contribution >= 0.6 is 0 Å². The fourth-order valence-electron chi connectivity index (χ4n) is 13.4. The molecule has 6 fully saturated rings. The topological polar surface area (TPSA) is 337 Å². The Labute approximate surface area is 350 Å². The summed E-state index contributed by atoms with van der Waals surface area (Å²) in [6.45, 7) is 14.8. The largest absolute Gasteiger partial charge is 0.481 e. The maximum absolute atomic E-state index is 14.8. The summed E-state index contributed by atoms with van der Waals surface area (Å²) in [4.78, 5) is 51.3. The van der Waals surface area contributed by atoms with Gasteiger partial charge in [0.2, 0.25) is 0 Å².